The van der Waals surface area contributed by atoms with Crippen LogP contribution in [0.1, 0.15) is 46.0 Å². The van der Waals surface area contributed by atoms with E-state index in [2.05, 4.69) is 0 Å². The zero-order chi connectivity index (χ0) is 18.2. The number of fused-ring (bicyclic) bond motifs is 5. The minimum absolute atomic E-state index is 0.0145. The lowest BCUT2D eigenvalue weighted by Crippen LogP contribution is -2.60. The maximum absolute atomic E-state index is 13.2. The third-order valence-corrected chi connectivity index (χ3v) is 7.76. The molecule has 3 fully saturated rings. The monoisotopic (exact) mass is 344 g/mol. The Morgan fingerprint density at radius 3 is 2.64 bits per heavy atom. The first-order valence-electron chi connectivity index (χ1n) is 9.06. The number of carbonyl (C=O) groups excluding carboxylic acids is 2. The van der Waals surface area contributed by atoms with Crippen molar-refractivity contribution in [3.05, 3.63) is 23.8 Å². The largest absolute Gasteiger partial charge is 0.479 e. The van der Waals surface area contributed by atoms with Gasteiger partial charge in [-0.05, 0) is 49.7 Å². The number of aliphatic carboxylic acids is 1. The zero-order valence-corrected chi connectivity index (χ0v) is 14.6. The summed E-state index contributed by atoms with van der Waals surface area (Å²) in [4.78, 5) is 36.7. The van der Waals surface area contributed by atoms with Crippen LogP contribution in [0.25, 0.3) is 0 Å². The highest BCUT2D eigenvalue weighted by Gasteiger charge is 2.68. The van der Waals surface area contributed by atoms with Crippen LogP contribution in [0.4, 0.5) is 0 Å². The van der Waals surface area contributed by atoms with Crippen molar-refractivity contribution in [2.75, 3.05) is 0 Å². The molecule has 0 saturated heterocycles. The van der Waals surface area contributed by atoms with Crippen LogP contribution in [-0.2, 0) is 14.4 Å². The van der Waals surface area contributed by atoms with E-state index in [0.717, 1.165) is 18.4 Å². The van der Waals surface area contributed by atoms with E-state index in [9.17, 15) is 24.6 Å². The van der Waals surface area contributed by atoms with Gasteiger partial charge in [-0.2, -0.15) is 0 Å². The lowest BCUT2D eigenvalue weighted by molar-refractivity contribution is -0.182. The maximum Gasteiger partial charge on any atom is 0.336 e. The maximum atomic E-state index is 13.2. The van der Waals surface area contributed by atoms with E-state index in [1.165, 1.54) is 0 Å². The molecule has 0 aromatic carbocycles. The summed E-state index contributed by atoms with van der Waals surface area (Å²) < 4.78 is 0. The van der Waals surface area contributed by atoms with Crippen molar-refractivity contribution in [3.63, 3.8) is 0 Å². The molecule has 5 nitrogen and oxygen atoms in total. The molecule has 1 unspecified atom stereocenters. The molecule has 3 saturated carbocycles. The fourth-order valence-electron chi connectivity index (χ4n) is 6.38. The number of carboxylic acid groups (broad SMARTS) is 1. The number of aliphatic hydroxyl groups is 1. The summed E-state index contributed by atoms with van der Waals surface area (Å²) in [7, 11) is 0. The first-order chi connectivity index (χ1) is 11.6. The van der Waals surface area contributed by atoms with Gasteiger partial charge in [0.2, 0.25) is 0 Å². The number of carbonyl (C=O) groups is 3. The SMILES string of the molecule is C[C@]12C=CC(=O)C=C1CCC1[C@@H]2C(=O)C[C@@]2(C)[C@H]1CC[C@]2(O)C(=O)O. The Bertz CT molecular complexity index is 749. The van der Waals surface area contributed by atoms with Gasteiger partial charge in [0, 0.05) is 23.2 Å². The molecule has 2 N–H and O–H groups in total. The third-order valence-electron chi connectivity index (χ3n) is 7.76. The Kier molecular flexibility index (Phi) is 3.28. The highest BCUT2D eigenvalue weighted by atomic mass is 16.4. The Hall–Kier alpha value is -1.75. The van der Waals surface area contributed by atoms with Crippen LogP contribution >= 0.6 is 0 Å². The average Bonchev–Trinajstić information content (AvgIpc) is 2.80. The molecule has 25 heavy (non-hydrogen) atoms. The summed E-state index contributed by atoms with van der Waals surface area (Å²) in [5, 5.41) is 20.4. The molecule has 0 spiro atoms. The highest BCUT2D eigenvalue weighted by molar-refractivity contribution is 6.01. The smallest absolute Gasteiger partial charge is 0.336 e. The van der Waals surface area contributed by atoms with Gasteiger partial charge in [-0.1, -0.05) is 25.5 Å². The van der Waals surface area contributed by atoms with Crippen LogP contribution in [0.5, 0.6) is 0 Å². The number of ketones is 2. The van der Waals surface area contributed by atoms with Crippen molar-refractivity contribution in [2.45, 2.75) is 51.6 Å². The van der Waals surface area contributed by atoms with Crippen molar-refractivity contribution in [2.24, 2.45) is 28.6 Å². The molecular formula is C20H24O5. The molecule has 0 aromatic rings. The van der Waals surface area contributed by atoms with Crippen molar-refractivity contribution in [3.8, 4) is 0 Å². The topological polar surface area (TPSA) is 91.7 Å². The van der Waals surface area contributed by atoms with Gasteiger partial charge < -0.3 is 10.2 Å². The Balaban J connectivity index is 1.78. The van der Waals surface area contributed by atoms with Gasteiger partial charge >= 0.3 is 5.97 Å². The number of Topliss-reactive ketones (excluding diaryl/α,β-unsaturated/α-hetero) is 1. The lowest BCUT2D eigenvalue weighted by Gasteiger charge is -2.56. The molecule has 6 atom stereocenters. The van der Waals surface area contributed by atoms with Crippen LogP contribution in [-0.4, -0.2) is 33.3 Å². The van der Waals surface area contributed by atoms with E-state index in [1.807, 2.05) is 13.0 Å². The second-order valence-corrected chi connectivity index (χ2v) is 8.74. The number of rotatable bonds is 1. The Labute approximate surface area is 146 Å². The summed E-state index contributed by atoms with van der Waals surface area (Å²) in [6.45, 7) is 3.80. The lowest BCUT2D eigenvalue weighted by atomic mass is 9.47. The number of hydrogen-bond acceptors (Lipinski definition) is 4. The molecule has 0 aromatic heterocycles. The third kappa shape index (κ3) is 1.90. The molecule has 5 heteroatoms. The molecule has 0 radical (unpaired) electrons. The van der Waals surface area contributed by atoms with Crippen molar-refractivity contribution in [1.29, 1.82) is 0 Å². The average molecular weight is 344 g/mol. The fourth-order valence-corrected chi connectivity index (χ4v) is 6.38. The fraction of sp³-hybridized carbons (Fsp3) is 0.650. The number of hydrogen-bond donors (Lipinski definition) is 2. The van der Waals surface area contributed by atoms with Gasteiger partial charge in [0.1, 0.15) is 5.78 Å². The minimum Gasteiger partial charge on any atom is -0.479 e. The molecule has 0 amide bonds. The number of allylic oxidation sites excluding steroid dienone is 4. The summed E-state index contributed by atoms with van der Waals surface area (Å²) in [6, 6.07) is 0. The van der Waals surface area contributed by atoms with E-state index in [0.29, 0.717) is 6.42 Å². The standard InChI is InChI=1S/C20H24O5/c1-18-7-5-12(21)9-11(18)3-4-13-14-6-8-20(25,17(23)24)19(14,2)10-15(22)16(13)18/h5,7,9,13-14,16,25H,3-4,6,8,10H2,1-2H3,(H,23,24)/t13?,14-,16+,18-,19-,20-/m0/s1. The first kappa shape index (κ1) is 16.7. The van der Waals surface area contributed by atoms with Gasteiger partial charge in [0.15, 0.2) is 11.4 Å². The minimum atomic E-state index is -1.83. The van der Waals surface area contributed by atoms with Gasteiger partial charge in [0.05, 0.1) is 0 Å². The van der Waals surface area contributed by atoms with Crippen LogP contribution in [0.2, 0.25) is 0 Å². The summed E-state index contributed by atoms with van der Waals surface area (Å²) in [5.41, 5.74) is -2.18. The molecular weight excluding hydrogens is 320 g/mol. The molecule has 0 aliphatic heterocycles. The molecule has 4 rings (SSSR count). The number of carboxylic acids is 1. The Morgan fingerprint density at radius 1 is 1.24 bits per heavy atom. The van der Waals surface area contributed by atoms with E-state index >= 15 is 0 Å². The van der Waals surface area contributed by atoms with Gasteiger partial charge in [-0.15, -0.1) is 0 Å². The van der Waals surface area contributed by atoms with E-state index in [-0.39, 0.29) is 42.2 Å². The molecule has 4 aliphatic carbocycles. The van der Waals surface area contributed by atoms with E-state index in [4.69, 9.17) is 0 Å². The first-order valence-corrected chi connectivity index (χ1v) is 9.06. The molecule has 0 heterocycles. The second-order valence-electron chi connectivity index (χ2n) is 8.74. The van der Waals surface area contributed by atoms with E-state index < -0.39 is 22.4 Å². The van der Waals surface area contributed by atoms with Crippen molar-refractivity contribution < 1.29 is 24.6 Å². The highest BCUT2D eigenvalue weighted by Crippen LogP contribution is 2.65. The predicted octanol–water partition coefficient (Wildman–Crippen LogP) is 2.29. The summed E-state index contributed by atoms with van der Waals surface area (Å²) in [6.07, 6.45) is 7.54. The van der Waals surface area contributed by atoms with Crippen molar-refractivity contribution in [1.82, 2.24) is 0 Å². The van der Waals surface area contributed by atoms with Crippen LogP contribution < -0.4 is 0 Å². The summed E-state index contributed by atoms with van der Waals surface area (Å²) >= 11 is 0. The van der Waals surface area contributed by atoms with Gasteiger partial charge in [-0.25, -0.2) is 4.79 Å². The molecule has 0 bridgehead atoms. The summed E-state index contributed by atoms with van der Waals surface area (Å²) in [5.74, 6) is -1.38. The molecule has 134 valence electrons. The quantitative estimate of drug-likeness (QED) is 0.761. The normalized spacial score (nSPS) is 48.4. The van der Waals surface area contributed by atoms with Gasteiger partial charge in [0.25, 0.3) is 0 Å². The predicted molar refractivity (Wildman–Crippen MR) is 89.6 cm³/mol. The van der Waals surface area contributed by atoms with E-state index in [1.54, 1.807) is 19.1 Å². The Morgan fingerprint density at radius 2 is 1.96 bits per heavy atom. The second kappa shape index (κ2) is 4.91. The van der Waals surface area contributed by atoms with Gasteiger partial charge in [-0.3, -0.25) is 9.59 Å². The van der Waals surface area contributed by atoms with Crippen molar-refractivity contribution >= 4 is 17.5 Å². The zero-order valence-electron chi connectivity index (χ0n) is 14.6. The van der Waals surface area contributed by atoms with Crippen LogP contribution in [0.15, 0.2) is 23.8 Å². The van der Waals surface area contributed by atoms with Crippen LogP contribution in [0.3, 0.4) is 0 Å². The van der Waals surface area contributed by atoms with Crippen LogP contribution in [0, 0.1) is 28.6 Å². The molecule has 4 aliphatic rings.